The molecule has 0 unspecified atom stereocenters. The summed E-state index contributed by atoms with van der Waals surface area (Å²) in [6.45, 7) is 2.09. The summed E-state index contributed by atoms with van der Waals surface area (Å²) in [5.41, 5.74) is 5.28. The molecule has 0 saturated carbocycles. The zero-order valence-electron chi connectivity index (χ0n) is 12.1. The molecule has 0 aliphatic carbocycles. The second-order valence-corrected chi connectivity index (χ2v) is 6.29. The van der Waals surface area contributed by atoms with E-state index in [4.69, 9.17) is 4.42 Å². The molecular weight excluding hydrogens is 385 g/mol. The maximum absolute atomic E-state index is 6.21. The molecule has 0 aliphatic rings. The van der Waals surface area contributed by atoms with Crippen LogP contribution < -0.4 is 3.11 Å². The molecule has 22 heavy (non-hydrogen) atoms. The van der Waals surface area contributed by atoms with Gasteiger partial charge in [-0.2, -0.15) is 0 Å². The Morgan fingerprint density at radius 1 is 0.773 bits per heavy atom. The molecule has 0 N–H and O–H groups in total. The minimum atomic E-state index is 0.935. The van der Waals surface area contributed by atoms with Crippen molar-refractivity contribution in [3.63, 3.8) is 0 Å². The van der Waals surface area contributed by atoms with E-state index in [1.807, 2.05) is 18.2 Å². The topological polar surface area (TPSA) is 16.4 Å². The van der Waals surface area contributed by atoms with E-state index in [0.29, 0.717) is 0 Å². The first kappa shape index (κ1) is 13.6. The average molecular weight is 399 g/mol. The lowest BCUT2D eigenvalue weighted by Gasteiger charge is -2.16. The molecule has 3 aromatic carbocycles. The Labute approximate surface area is 142 Å². The van der Waals surface area contributed by atoms with Gasteiger partial charge in [0.1, 0.15) is 5.58 Å². The van der Waals surface area contributed by atoms with Crippen molar-refractivity contribution < 1.29 is 4.42 Å². The lowest BCUT2D eigenvalue weighted by Crippen LogP contribution is -2.00. The van der Waals surface area contributed by atoms with E-state index in [1.54, 1.807) is 0 Å². The largest absolute Gasteiger partial charge is 0.454 e. The van der Waals surface area contributed by atoms with Crippen LogP contribution >= 0.6 is 22.9 Å². The van der Waals surface area contributed by atoms with Crippen LogP contribution in [0.1, 0.15) is 5.56 Å². The first-order valence-electron chi connectivity index (χ1n) is 7.17. The quantitative estimate of drug-likeness (QED) is 0.287. The van der Waals surface area contributed by atoms with Crippen LogP contribution in [0.2, 0.25) is 0 Å². The van der Waals surface area contributed by atoms with Gasteiger partial charge in [0, 0.05) is 10.8 Å². The smallest absolute Gasteiger partial charge is 0.159 e. The predicted octanol–water partition coefficient (Wildman–Crippen LogP) is 6.38. The Morgan fingerprint density at radius 2 is 1.45 bits per heavy atom. The minimum absolute atomic E-state index is 0.935. The summed E-state index contributed by atoms with van der Waals surface area (Å²) >= 11 is 2.33. The molecule has 1 aromatic heterocycles. The van der Waals surface area contributed by atoms with Crippen LogP contribution in [0.5, 0.6) is 0 Å². The lowest BCUT2D eigenvalue weighted by molar-refractivity contribution is 0.666. The van der Waals surface area contributed by atoms with Gasteiger partial charge in [-0.05, 0) is 30.7 Å². The highest BCUT2D eigenvalue weighted by Crippen LogP contribution is 2.40. The van der Waals surface area contributed by atoms with Gasteiger partial charge < -0.3 is 4.42 Å². The molecule has 0 radical (unpaired) electrons. The van der Waals surface area contributed by atoms with E-state index in [1.165, 1.54) is 10.9 Å². The fourth-order valence-corrected chi connectivity index (χ4v) is 3.50. The van der Waals surface area contributed by atoms with E-state index < -0.39 is 0 Å². The van der Waals surface area contributed by atoms with Gasteiger partial charge in [0.25, 0.3) is 0 Å². The zero-order valence-corrected chi connectivity index (χ0v) is 14.2. The Kier molecular flexibility index (Phi) is 3.30. The third-order valence-electron chi connectivity index (χ3n) is 3.89. The third-order valence-corrected chi connectivity index (χ3v) is 4.97. The van der Waals surface area contributed by atoms with Gasteiger partial charge in [-0.3, -0.25) is 3.11 Å². The van der Waals surface area contributed by atoms with Crippen molar-refractivity contribution in [1.82, 2.24) is 0 Å². The number of benzene rings is 3. The number of hydrogen-bond acceptors (Lipinski definition) is 2. The average Bonchev–Trinajstić information content (AvgIpc) is 2.95. The van der Waals surface area contributed by atoms with E-state index in [-0.39, 0.29) is 0 Å². The molecule has 4 aromatic rings. The highest BCUT2D eigenvalue weighted by molar-refractivity contribution is 14.1. The van der Waals surface area contributed by atoms with Crippen LogP contribution in [0.3, 0.4) is 0 Å². The van der Waals surface area contributed by atoms with E-state index in [0.717, 1.165) is 27.9 Å². The number of aryl methyl sites for hydroxylation is 1. The van der Waals surface area contributed by atoms with Crippen LogP contribution in [0.15, 0.2) is 71.1 Å². The molecule has 0 aliphatic heterocycles. The fourth-order valence-electron chi connectivity index (χ4n) is 2.80. The summed E-state index contributed by atoms with van der Waals surface area (Å²) in [7, 11) is 0. The summed E-state index contributed by atoms with van der Waals surface area (Å²) in [5, 5.41) is 2.34. The number of para-hydroxylation sites is 3. The molecule has 0 saturated heterocycles. The molecule has 0 fully saturated rings. The number of hydrogen-bond donors (Lipinski definition) is 0. The maximum Gasteiger partial charge on any atom is 0.159 e. The third kappa shape index (κ3) is 2.08. The molecule has 1 heterocycles. The van der Waals surface area contributed by atoms with Crippen molar-refractivity contribution in [3.05, 3.63) is 72.3 Å². The molecule has 0 amide bonds. The summed E-state index contributed by atoms with van der Waals surface area (Å²) in [5.74, 6) is 0. The molecule has 0 atom stereocenters. The predicted molar refractivity (Wildman–Crippen MR) is 101 cm³/mol. The normalized spacial score (nSPS) is 11.2. The number of fused-ring (bicyclic) bond motifs is 3. The highest BCUT2D eigenvalue weighted by Gasteiger charge is 2.15. The van der Waals surface area contributed by atoms with Crippen LogP contribution in [0, 0.1) is 6.92 Å². The highest BCUT2D eigenvalue weighted by atomic mass is 127. The van der Waals surface area contributed by atoms with Gasteiger partial charge in [0.2, 0.25) is 0 Å². The Balaban J connectivity index is 1.99. The van der Waals surface area contributed by atoms with Gasteiger partial charge in [0.15, 0.2) is 5.58 Å². The van der Waals surface area contributed by atoms with Crippen molar-refractivity contribution in [2.45, 2.75) is 6.92 Å². The summed E-state index contributed by atoms with van der Waals surface area (Å²) < 4.78 is 8.35. The van der Waals surface area contributed by atoms with Gasteiger partial charge in [-0.15, -0.1) is 0 Å². The molecule has 108 valence electrons. The van der Waals surface area contributed by atoms with Crippen molar-refractivity contribution in [2.24, 2.45) is 0 Å². The summed E-state index contributed by atoms with van der Waals surface area (Å²) in [6, 6.07) is 22.9. The molecular formula is C19H14INO. The fraction of sp³-hybridized carbons (Fsp3) is 0.0526. The summed E-state index contributed by atoms with van der Waals surface area (Å²) in [6.07, 6.45) is 0. The molecule has 2 nitrogen and oxygen atoms in total. The van der Waals surface area contributed by atoms with Crippen molar-refractivity contribution in [2.75, 3.05) is 3.11 Å². The molecule has 4 rings (SSSR count). The van der Waals surface area contributed by atoms with Crippen LogP contribution in [-0.4, -0.2) is 0 Å². The van der Waals surface area contributed by atoms with Crippen LogP contribution in [0.25, 0.3) is 21.9 Å². The van der Waals surface area contributed by atoms with Gasteiger partial charge >= 0.3 is 0 Å². The maximum atomic E-state index is 6.21. The van der Waals surface area contributed by atoms with Crippen molar-refractivity contribution >= 4 is 56.2 Å². The van der Waals surface area contributed by atoms with Gasteiger partial charge in [-0.1, -0.05) is 48.5 Å². The second-order valence-electron chi connectivity index (χ2n) is 5.32. The number of halogens is 1. The number of rotatable bonds is 2. The first-order chi connectivity index (χ1) is 10.8. The number of furan rings is 1. The molecule has 3 heteroatoms. The number of anilines is 2. The van der Waals surface area contributed by atoms with Crippen LogP contribution in [-0.2, 0) is 0 Å². The summed E-state index contributed by atoms with van der Waals surface area (Å²) in [4.78, 5) is 0. The van der Waals surface area contributed by atoms with E-state index >= 15 is 0 Å². The Morgan fingerprint density at radius 3 is 2.23 bits per heavy atom. The van der Waals surface area contributed by atoms with Gasteiger partial charge in [0.05, 0.1) is 34.2 Å². The van der Waals surface area contributed by atoms with Gasteiger partial charge in [-0.25, -0.2) is 0 Å². The van der Waals surface area contributed by atoms with Crippen LogP contribution in [0.4, 0.5) is 11.4 Å². The van der Waals surface area contributed by atoms with E-state index in [9.17, 15) is 0 Å². The van der Waals surface area contributed by atoms with E-state index in [2.05, 4.69) is 81.4 Å². The molecule has 0 spiro atoms. The van der Waals surface area contributed by atoms with Crippen molar-refractivity contribution in [1.29, 1.82) is 0 Å². The monoisotopic (exact) mass is 399 g/mol. The standard InChI is InChI=1S/C19H14INO/c1-13-7-5-10-15-16-11-6-12-17(19(16)22-18(13)15)21(20)14-8-3-2-4-9-14/h2-12H,1H3. The Hall–Kier alpha value is -2.01. The number of nitrogens with zero attached hydrogens (tertiary/aromatic N) is 1. The minimum Gasteiger partial charge on any atom is -0.454 e. The first-order valence-corrected chi connectivity index (χ1v) is 8.14. The Bertz CT molecular complexity index is 959. The SMILES string of the molecule is Cc1cccc2c1oc1c(N(I)c3ccccc3)cccc12. The van der Waals surface area contributed by atoms with Crippen molar-refractivity contribution in [3.8, 4) is 0 Å². The molecule has 0 bridgehead atoms. The zero-order chi connectivity index (χ0) is 15.1. The lowest BCUT2D eigenvalue weighted by atomic mass is 10.1. The second kappa shape index (κ2) is 5.32.